The molecule has 0 aliphatic carbocycles. The number of hydrogen-bond donors (Lipinski definition) is 2. The molecule has 2 rings (SSSR count). The monoisotopic (exact) mass is 271 g/mol. The normalized spacial score (nSPS) is 14.7. The molecule has 0 saturated heterocycles. The molecule has 2 unspecified atom stereocenters. The molecule has 108 valence electrons. The van der Waals surface area contributed by atoms with Crippen LogP contribution in [0, 0.1) is 5.92 Å². The summed E-state index contributed by atoms with van der Waals surface area (Å²) in [6, 6.07) is 15.6. The average molecular weight is 271 g/mol. The van der Waals surface area contributed by atoms with Gasteiger partial charge in [-0.05, 0) is 35.6 Å². The predicted molar refractivity (Wildman–Crippen MR) is 85.8 cm³/mol. The fraction of sp³-hybridized carbons (Fsp3) is 0.444. The Morgan fingerprint density at radius 1 is 1.00 bits per heavy atom. The van der Waals surface area contributed by atoms with Crippen LogP contribution >= 0.6 is 0 Å². The first-order valence-electron chi connectivity index (χ1n) is 7.48. The molecule has 2 nitrogen and oxygen atoms in total. The Morgan fingerprint density at radius 3 is 2.40 bits per heavy atom. The second kappa shape index (κ2) is 6.87. The highest BCUT2D eigenvalue weighted by molar-refractivity contribution is 5.86. The third-order valence-corrected chi connectivity index (χ3v) is 4.00. The average Bonchev–Trinajstić information content (AvgIpc) is 2.46. The number of hydrogen-bond acceptors (Lipinski definition) is 2. The van der Waals surface area contributed by atoms with Gasteiger partial charge in [0.05, 0.1) is 0 Å². The van der Waals surface area contributed by atoms with Crippen LogP contribution in [-0.2, 0) is 0 Å². The van der Waals surface area contributed by atoms with Gasteiger partial charge in [-0.1, -0.05) is 56.3 Å². The zero-order valence-electron chi connectivity index (χ0n) is 12.6. The number of nitrogens with one attached hydrogen (secondary N) is 1. The van der Waals surface area contributed by atoms with Crippen molar-refractivity contribution in [2.45, 2.75) is 39.3 Å². The molecule has 0 bridgehead atoms. The van der Waals surface area contributed by atoms with E-state index in [-0.39, 0.29) is 12.6 Å². The van der Waals surface area contributed by atoms with E-state index in [1.807, 2.05) is 0 Å². The van der Waals surface area contributed by atoms with Crippen molar-refractivity contribution >= 4 is 10.8 Å². The lowest BCUT2D eigenvalue weighted by atomic mass is 9.96. The van der Waals surface area contributed by atoms with Crippen LogP contribution in [0.1, 0.15) is 38.8 Å². The van der Waals surface area contributed by atoms with Crippen LogP contribution < -0.4 is 5.32 Å². The van der Waals surface area contributed by atoms with E-state index in [2.05, 4.69) is 68.6 Å². The van der Waals surface area contributed by atoms with Crippen LogP contribution in [0.15, 0.2) is 42.5 Å². The molecule has 0 radical (unpaired) electrons. The number of aliphatic hydroxyl groups is 1. The van der Waals surface area contributed by atoms with Gasteiger partial charge in [0.25, 0.3) is 0 Å². The molecule has 2 aromatic rings. The second-order valence-corrected chi connectivity index (χ2v) is 5.82. The molecule has 0 spiro atoms. The van der Waals surface area contributed by atoms with Crippen molar-refractivity contribution in [2.75, 3.05) is 6.61 Å². The topological polar surface area (TPSA) is 32.3 Å². The van der Waals surface area contributed by atoms with Gasteiger partial charge in [-0.25, -0.2) is 0 Å². The van der Waals surface area contributed by atoms with Crippen LogP contribution in [0.2, 0.25) is 0 Å². The van der Waals surface area contributed by atoms with Gasteiger partial charge < -0.3 is 10.4 Å². The summed E-state index contributed by atoms with van der Waals surface area (Å²) in [5.41, 5.74) is 1.33. The minimum Gasteiger partial charge on any atom is -0.396 e. The van der Waals surface area contributed by atoms with Gasteiger partial charge in [-0.15, -0.1) is 0 Å². The van der Waals surface area contributed by atoms with Gasteiger partial charge in [-0.3, -0.25) is 0 Å². The van der Waals surface area contributed by atoms with Crippen LogP contribution in [0.5, 0.6) is 0 Å². The summed E-state index contributed by atoms with van der Waals surface area (Å²) in [5.74, 6) is 0.513. The molecule has 2 heteroatoms. The minimum atomic E-state index is 0.234. The van der Waals surface area contributed by atoms with Gasteiger partial charge in [0.2, 0.25) is 0 Å². The highest BCUT2D eigenvalue weighted by Gasteiger charge is 2.17. The van der Waals surface area contributed by atoms with E-state index in [0.717, 1.165) is 6.42 Å². The maximum absolute atomic E-state index is 9.20. The highest BCUT2D eigenvalue weighted by Crippen LogP contribution is 2.25. The molecule has 0 fully saturated rings. The molecule has 0 amide bonds. The van der Waals surface area contributed by atoms with E-state index in [0.29, 0.717) is 12.0 Å². The molecule has 0 saturated carbocycles. The third-order valence-electron chi connectivity index (χ3n) is 4.00. The maximum atomic E-state index is 9.20. The quantitative estimate of drug-likeness (QED) is 0.835. The Bertz CT molecular complexity index is 545. The van der Waals surface area contributed by atoms with Gasteiger partial charge in [-0.2, -0.15) is 0 Å². The van der Waals surface area contributed by atoms with E-state index < -0.39 is 0 Å². The Labute approximate surface area is 121 Å². The first-order chi connectivity index (χ1) is 9.63. The highest BCUT2D eigenvalue weighted by atomic mass is 16.3. The summed E-state index contributed by atoms with van der Waals surface area (Å²) in [6.45, 7) is 6.83. The summed E-state index contributed by atoms with van der Waals surface area (Å²) in [6.07, 6.45) is 0.798. The summed E-state index contributed by atoms with van der Waals surface area (Å²) in [5, 5.41) is 15.5. The van der Waals surface area contributed by atoms with Gasteiger partial charge >= 0.3 is 0 Å². The van der Waals surface area contributed by atoms with Crippen molar-refractivity contribution in [2.24, 2.45) is 5.92 Å². The largest absolute Gasteiger partial charge is 0.396 e. The van der Waals surface area contributed by atoms with Crippen LogP contribution in [0.4, 0.5) is 0 Å². The predicted octanol–water partition coefficient (Wildman–Crippen LogP) is 3.90. The van der Waals surface area contributed by atoms with Crippen molar-refractivity contribution in [3.05, 3.63) is 48.0 Å². The van der Waals surface area contributed by atoms with E-state index in [9.17, 15) is 5.11 Å². The lowest BCUT2D eigenvalue weighted by molar-refractivity contribution is 0.237. The van der Waals surface area contributed by atoms with Gasteiger partial charge in [0.15, 0.2) is 0 Å². The van der Waals surface area contributed by atoms with Gasteiger partial charge in [0, 0.05) is 18.7 Å². The number of benzene rings is 2. The lowest BCUT2D eigenvalue weighted by Gasteiger charge is -2.27. The van der Waals surface area contributed by atoms with Crippen molar-refractivity contribution in [1.29, 1.82) is 0 Å². The molecular weight excluding hydrogens is 246 g/mol. The first-order valence-corrected chi connectivity index (χ1v) is 7.48. The standard InChI is InChI=1S/C18H25NO/c1-13(2)18(11-12-20)19-14(3)16-10-6-8-15-7-4-5-9-17(15)16/h4-10,13-14,18-20H,11-12H2,1-3H3. The van der Waals surface area contributed by atoms with E-state index in [1.54, 1.807) is 0 Å². The molecule has 2 atom stereocenters. The minimum absolute atomic E-state index is 0.234. The Morgan fingerprint density at radius 2 is 1.70 bits per heavy atom. The molecule has 20 heavy (non-hydrogen) atoms. The summed E-state index contributed by atoms with van der Waals surface area (Å²) < 4.78 is 0. The van der Waals surface area contributed by atoms with Crippen LogP contribution in [0.3, 0.4) is 0 Å². The second-order valence-electron chi connectivity index (χ2n) is 5.82. The van der Waals surface area contributed by atoms with Gasteiger partial charge in [0.1, 0.15) is 0 Å². The van der Waals surface area contributed by atoms with E-state index in [1.165, 1.54) is 16.3 Å². The SMILES string of the molecule is CC(NC(CCO)C(C)C)c1cccc2ccccc12. The molecule has 0 heterocycles. The molecule has 0 aliphatic heterocycles. The molecule has 2 N–H and O–H groups in total. The van der Waals surface area contributed by atoms with Crippen molar-refractivity contribution in [3.63, 3.8) is 0 Å². The Hall–Kier alpha value is -1.38. The zero-order valence-corrected chi connectivity index (χ0v) is 12.6. The Kier molecular flexibility index (Phi) is 5.16. The zero-order chi connectivity index (χ0) is 14.5. The fourth-order valence-corrected chi connectivity index (χ4v) is 2.79. The number of rotatable bonds is 6. The number of aliphatic hydroxyl groups excluding tert-OH is 1. The summed E-state index contributed by atoms with van der Waals surface area (Å²) >= 11 is 0. The third kappa shape index (κ3) is 3.38. The first kappa shape index (κ1) is 15.0. The summed E-state index contributed by atoms with van der Waals surface area (Å²) in [4.78, 5) is 0. The summed E-state index contributed by atoms with van der Waals surface area (Å²) in [7, 11) is 0. The van der Waals surface area contributed by atoms with Crippen molar-refractivity contribution < 1.29 is 5.11 Å². The van der Waals surface area contributed by atoms with Crippen molar-refractivity contribution in [1.82, 2.24) is 5.32 Å². The lowest BCUT2D eigenvalue weighted by Crippen LogP contribution is -2.36. The number of fused-ring (bicyclic) bond motifs is 1. The fourth-order valence-electron chi connectivity index (χ4n) is 2.79. The molecular formula is C18H25NO. The molecule has 2 aromatic carbocycles. The maximum Gasteiger partial charge on any atom is 0.0445 e. The molecule has 0 aliphatic rings. The van der Waals surface area contributed by atoms with Crippen LogP contribution in [0.25, 0.3) is 10.8 Å². The van der Waals surface area contributed by atoms with Crippen molar-refractivity contribution in [3.8, 4) is 0 Å². The molecule has 0 aromatic heterocycles. The van der Waals surface area contributed by atoms with Crippen LogP contribution in [-0.4, -0.2) is 17.8 Å². The van der Waals surface area contributed by atoms with E-state index in [4.69, 9.17) is 0 Å². The van der Waals surface area contributed by atoms with E-state index >= 15 is 0 Å². The smallest absolute Gasteiger partial charge is 0.0445 e. The Balaban J connectivity index is 2.24.